The van der Waals surface area contributed by atoms with Crippen LogP contribution in [0.15, 0.2) is 16.4 Å². The lowest BCUT2D eigenvalue weighted by molar-refractivity contribution is -0.143. The van der Waals surface area contributed by atoms with E-state index in [9.17, 15) is 19.5 Å². The van der Waals surface area contributed by atoms with Gasteiger partial charge < -0.3 is 19.3 Å². The first-order chi connectivity index (χ1) is 11.0. The van der Waals surface area contributed by atoms with Crippen LogP contribution in [0.1, 0.15) is 34.6 Å². The number of esters is 2. The van der Waals surface area contributed by atoms with Gasteiger partial charge in [-0.2, -0.15) is 5.10 Å². The number of hydrogen-bond donors (Lipinski definition) is 1. The van der Waals surface area contributed by atoms with E-state index in [2.05, 4.69) is 9.84 Å². The van der Waals surface area contributed by atoms with Gasteiger partial charge in [-0.1, -0.05) is 0 Å². The molecule has 0 rings (SSSR count). The summed E-state index contributed by atoms with van der Waals surface area (Å²) in [6.07, 6.45) is 0.0475. The van der Waals surface area contributed by atoms with Crippen molar-refractivity contribution in [3.63, 3.8) is 0 Å². The summed E-state index contributed by atoms with van der Waals surface area (Å²) in [6.45, 7) is 8.17. The SMILES string of the molecule is CCOC(=O)/C(O)=C(/C=N/N(C)C(=O)OC(C)(C)C)C(=O)OCC. The highest BCUT2D eigenvalue weighted by molar-refractivity contribution is 6.14. The maximum atomic E-state index is 11.8. The second kappa shape index (κ2) is 9.53. The molecule has 0 aromatic heterocycles. The summed E-state index contributed by atoms with van der Waals surface area (Å²) in [7, 11) is 1.29. The minimum absolute atomic E-state index is 0.00789. The van der Waals surface area contributed by atoms with Crippen LogP contribution < -0.4 is 0 Å². The van der Waals surface area contributed by atoms with Crippen molar-refractivity contribution in [1.29, 1.82) is 0 Å². The van der Waals surface area contributed by atoms with Crippen LogP contribution in [0, 0.1) is 0 Å². The number of ether oxygens (including phenoxy) is 3. The summed E-state index contributed by atoms with van der Waals surface area (Å²) in [4.78, 5) is 35.2. The molecule has 9 heteroatoms. The van der Waals surface area contributed by atoms with E-state index in [1.165, 1.54) is 7.05 Å². The van der Waals surface area contributed by atoms with Gasteiger partial charge in [0.2, 0.25) is 5.76 Å². The molecule has 0 aliphatic carbocycles. The maximum absolute atomic E-state index is 11.8. The first-order valence-electron chi connectivity index (χ1n) is 7.31. The zero-order chi connectivity index (χ0) is 18.9. The number of aliphatic hydroxyl groups excluding tert-OH is 1. The third-order valence-electron chi connectivity index (χ3n) is 2.24. The smallest absolute Gasteiger partial charge is 0.430 e. The van der Waals surface area contributed by atoms with Gasteiger partial charge in [0, 0.05) is 7.05 Å². The number of amides is 1. The minimum Gasteiger partial charge on any atom is -0.501 e. The molecule has 0 heterocycles. The molecule has 0 fully saturated rings. The maximum Gasteiger partial charge on any atom is 0.430 e. The second-order valence-electron chi connectivity index (χ2n) is 5.45. The third kappa shape index (κ3) is 7.61. The fourth-order valence-electron chi connectivity index (χ4n) is 1.25. The van der Waals surface area contributed by atoms with Crippen molar-refractivity contribution in [2.45, 2.75) is 40.2 Å². The van der Waals surface area contributed by atoms with E-state index in [4.69, 9.17) is 9.47 Å². The van der Waals surface area contributed by atoms with Gasteiger partial charge in [0.15, 0.2) is 0 Å². The molecule has 1 N–H and O–H groups in total. The van der Waals surface area contributed by atoms with Crippen molar-refractivity contribution >= 4 is 24.2 Å². The summed E-state index contributed by atoms with van der Waals surface area (Å²) in [6, 6.07) is 0. The Morgan fingerprint density at radius 2 is 1.58 bits per heavy atom. The highest BCUT2D eigenvalue weighted by Gasteiger charge is 2.23. The molecule has 0 bridgehead atoms. The van der Waals surface area contributed by atoms with Crippen LogP contribution >= 0.6 is 0 Å². The molecule has 0 unspecified atom stereocenters. The van der Waals surface area contributed by atoms with Gasteiger partial charge in [0.05, 0.1) is 19.4 Å². The molecule has 0 spiro atoms. The van der Waals surface area contributed by atoms with Crippen LogP contribution in [0.4, 0.5) is 4.79 Å². The standard InChI is InChI=1S/C15H24N2O7/c1-7-22-12(19)10(11(18)13(20)23-8-2)9-16-17(6)14(21)24-15(3,4)5/h9,18H,7-8H2,1-6H3/b11-10+,16-9+. The average molecular weight is 344 g/mol. The number of aliphatic hydroxyl groups is 1. The van der Waals surface area contributed by atoms with Crippen LogP contribution in [-0.2, 0) is 23.8 Å². The van der Waals surface area contributed by atoms with Crippen LogP contribution in [0.25, 0.3) is 0 Å². The monoisotopic (exact) mass is 344 g/mol. The van der Waals surface area contributed by atoms with E-state index in [0.29, 0.717) is 0 Å². The van der Waals surface area contributed by atoms with E-state index in [0.717, 1.165) is 11.2 Å². The molecule has 0 aliphatic rings. The van der Waals surface area contributed by atoms with Crippen molar-refractivity contribution in [2.24, 2.45) is 5.10 Å². The van der Waals surface area contributed by atoms with Crippen molar-refractivity contribution in [2.75, 3.05) is 20.3 Å². The molecule has 0 aliphatic heterocycles. The Morgan fingerprint density at radius 1 is 1.08 bits per heavy atom. The molecular weight excluding hydrogens is 320 g/mol. The Bertz CT molecular complexity index is 532. The van der Waals surface area contributed by atoms with Crippen molar-refractivity contribution in [3.8, 4) is 0 Å². The normalized spacial score (nSPS) is 12.4. The van der Waals surface area contributed by atoms with E-state index in [1.807, 2.05) is 0 Å². The summed E-state index contributed by atoms with van der Waals surface area (Å²) in [5.41, 5.74) is -1.26. The Hall–Kier alpha value is -2.58. The molecule has 24 heavy (non-hydrogen) atoms. The Labute approximate surface area is 140 Å². The van der Waals surface area contributed by atoms with Crippen LogP contribution in [-0.4, -0.2) is 60.2 Å². The lowest BCUT2D eigenvalue weighted by atomic mass is 10.2. The number of hydrazone groups is 1. The highest BCUT2D eigenvalue weighted by atomic mass is 16.6. The number of nitrogens with zero attached hydrogens (tertiary/aromatic N) is 2. The Balaban J connectivity index is 5.40. The number of carbonyl (C=O) groups excluding carboxylic acids is 3. The lowest BCUT2D eigenvalue weighted by Crippen LogP contribution is -2.31. The number of rotatable bonds is 6. The lowest BCUT2D eigenvalue weighted by Gasteiger charge is -2.22. The fourth-order valence-corrected chi connectivity index (χ4v) is 1.25. The number of hydrogen-bond acceptors (Lipinski definition) is 8. The van der Waals surface area contributed by atoms with Gasteiger partial charge in [0.1, 0.15) is 11.2 Å². The minimum atomic E-state index is -1.10. The summed E-state index contributed by atoms with van der Waals surface area (Å²) in [5.74, 6) is -3.05. The first kappa shape index (κ1) is 21.4. The highest BCUT2D eigenvalue weighted by Crippen LogP contribution is 2.10. The predicted octanol–water partition coefficient (Wildman–Crippen LogP) is 1.78. The van der Waals surface area contributed by atoms with Crippen molar-refractivity contribution < 1.29 is 33.7 Å². The molecule has 0 aromatic rings. The van der Waals surface area contributed by atoms with Crippen LogP contribution in [0.5, 0.6) is 0 Å². The molecule has 0 radical (unpaired) electrons. The summed E-state index contributed by atoms with van der Waals surface area (Å²) < 4.78 is 14.4. The zero-order valence-electron chi connectivity index (χ0n) is 14.8. The van der Waals surface area contributed by atoms with Gasteiger partial charge in [-0.3, -0.25) is 0 Å². The second-order valence-corrected chi connectivity index (χ2v) is 5.45. The molecule has 1 amide bonds. The van der Waals surface area contributed by atoms with E-state index in [1.54, 1.807) is 34.6 Å². The van der Waals surface area contributed by atoms with Gasteiger partial charge in [0.25, 0.3) is 0 Å². The molecule has 0 aromatic carbocycles. The molecular formula is C15H24N2O7. The topological polar surface area (TPSA) is 115 Å². The van der Waals surface area contributed by atoms with Crippen LogP contribution in [0.2, 0.25) is 0 Å². The van der Waals surface area contributed by atoms with E-state index >= 15 is 0 Å². The van der Waals surface area contributed by atoms with Crippen molar-refractivity contribution in [3.05, 3.63) is 11.3 Å². The molecule has 0 saturated carbocycles. The zero-order valence-corrected chi connectivity index (χ0v) is 14.8. The molecule has 0 saturated heterocycles. The Morgan fingerprint density at radius 3 is 2.04 bits per heavy atom. The molecule has 9 nitrogen and oxygen atoms in total. The fraction of sp³-hybridized carbons (Fsp3) is 0.600. The van der Waals surface area contributed by atoms with Gasteiger partial charge >= 0.3 is 18.0 Å². The molecule has 0 atom stereocenters. The number of carbonyl (C=O) groups is 3. The van der Waals surface area contributed by atoms with Crippen molar-refractivity contribution in [1.82, 2.24) is 5.01 Å². The quantitative estimate of drug-likeness (QED) is 0.195. The van der Waals surface area contributed by atoms with Gasteiger partial charge in [-0.05, 0) is 34.6 Å². The van der Waals surface area contributed by atoms with Gasteiger partial charge in [-0.15, -0.1) is 0 Å². The van der Waals surface area contributed by atoms with Crippen LogP contribution in [0.3, 0.4) is 0 Å². The van der Waals surface area contributed by atoms with Gasteiger partial charge in [-0.25, -0.2) is 19.4 Å². The average Bonchev–Trinajstić information content (AvgIpc) is 2.45. The molecule has 136 valence electrons. The predicted molar refractivity (Wildman–Crippen MR) is 85.4 cm³/mol. The largest absolute Gasteiger partial charge is 0.501 e. The summed E-state index contributed by atoms with van der Waals surface area (Å²) in [5, 5.41) is 14.3. The summed E-state index contributed by atoms with van der Waals surface area (Å²) >= 11 is 0. The van der Waals surface area contributed by atoms with E-state index < -0.39 is 35.0 Å². The first-order valence-corrected chi connectivity index (χ1v) is 7.31. The van der Waals surface area contributed by atoms with E-state index in [-0.39, 0.29) is 13.2 Å². The third-order valence-corrected chi connectivity index (χ3v) is 2.24. The Kier molecular flexibility index (Phi) is 8.51.